The zero-order valence-electron chi connectivity index (χ0n) is 12.7. The van der Waals surface area contributed by atoms with Gasteiger partial charge in [0.25, 0.3) is 0 Å². The fraction of sp³-hybridized carbons (Fsp3) is 0.400. The summed E-state index contributed by atoms with van der Waals surface area (Å²) in [5.74, 6) is 0.308. The quantitative estimate of drug-likeness (QED) is 0.729. The van der Waals surface area contributed by atoms with Crippen molar-refractivity contribution in [1.82, 2.24) is 20.5 Å². The van der Waals surface area contributed by atoms with Crippen molar-refractivity contribution in [1.29, 1.82) is 0 Å². The molecule has 0 radical (unpaired) electrons. The second-order valence-corrected chi connectivity index (χ2v) is 5.08. The van der Waals surface area contributed by atoms with Crippen LogP contribution in [0.2, 0.25) is 0 Å². The van der Waals surface area contributed by atoms with E-state index in [2.05, 4.69) is 25.8 Å². The third-order valence-electron chi connectivity index (χ3n) is 3.12. The Morgan fingerprint density at radius 3 is 3.00 bits per heavy atom. The zero-order valence-corrected chi connectivity index (χ0v) is 12.7. The first kappa shape index (κ1) is 16.1. The predicted octanol–water partition coefficient (Wildman–Crippen LogP) is 1.86. The molecule has 2 rings (SSSR count). The number of rotatable bonds is 7. The van der Waals surface area contributed by atoms with Crippen LogP contribution in [0.4, 0.5) is 10.3 Å². The Bertz CT molecular complexity index is 628. The number of hydrogen-bond donors (Lipinski definition) is 3. The molecule has 0 fully saturated rings. The van der Waals surface area contributed by atoms with Crippen LogP contribution in [0, 0.1) is 5.82 Å². The summed E-state index contributed by atoms with van der Waals surface area (Å²) in [6.45, 7) is 4.59. The largest absolute Gasteiger partial charge is 0.306 e. The molecule has 0 saturated heterocycles. The molecule has 1 amide bonds. The van der Waals surface area contributed by atoms with Gasteiger partial charge in [0.15, 0.2) is 0 Å². The summed E-state index contributed by atoms with van der Waals surface area (Å²) in [5.41, 5.74) is 0.784. The van der Waals surface area contributed by atoms with Crippen LogP contribution < -0.4 is 10.6 Å². The molecule has 0 spiro atoms. The van der Waals surface area contributed by atoms with Gasteiger partial charge in [0.1, 0.15) is 11.6 Å². The molecule has 0 aliphatic heterocycles. The molecule has 2 aromatic rings. The minimum absolute atomic E-state index is 0.190. The molecule has 7 heteroatoms. The number of anilines is 1. The summed E-state index contributed by atoms with van der Waals surface area (Å²) < 4.78 is 13.1. The van der Waals surface area contributed by atoms with Crippen LogP contribution in [0.1, 0.15) is 31.7 Å². The second-order valence-electron chi connectivity index (χ2n) is 5.08. The van der Waals surface area contributed by atoms with Gasteiger partial charge in [-0.1, -0.05) is 19.1 Å². The van der Waals surface area contributed by atoms with Gasteiger partial charge in [-0.05, 0) is 37.6 Å². The molecule has 0 saturated carbocycles. The van der Waals surface area contributed by atoms with E-state index in [1.807, 2.05) is 6.92 Å². The Morgan fingerprint density at radius 2 is 2.27 bits per heavy atom. The van der Waals surface area contributed by atoms with E-state index in [-0.39, 0.29) is 23.7 Å². The maximum atomic E-state index is 13.1. The van der Waals surface area contributed by atoms with E-state index in [1.165, 1.54) is 12.1 Å². The molecular formula is C15H20FN5O. The maximum absolute atomic E-state index is 13.1. The first-order chi connectivity index (χ1) is 10.6. The Morgan fingerprint density at radius 1 is 1.45 bits per heavy atom. The monoisotopic (exact) mass is 305 g/mol. The van der Waals surface area contributed by atoms with Crippen LogP contribution in [0.15, 0.2) is 24.3 Å². The molecule has 22 heavy (non-hydrogen) atoms. The average molecular weight is 305 g/mol. The van der Waals surface area contributed by atoms with Gasteiger partial charge in [-0.3, -0.25) is 15.2 Å². The normalized spacial score (nSPS) is 12.1. The first-order valence-corrected chi connectivity index (χ1v) is 7.28. The lowest BCUT2D eigenvalue weighted by Crippen LogP contribution is -2.38. The van der Waals surface area contributed by atoms with Gasteiger partial charge in [0.05, 0.1) is 6.04 Å². The first-order valence-electron chi connectivity index (χ1n) is 7.28. The van der Waals surface area contributed by atoms with E-state index in [1.54, 1.807) is 19.1 Å². The SMILES string of the molecule is CCCNC(C)C(=O)Nc1n[nH]c(Cc2cccc(F)c2)n1. The number of amides is 1. The number of nitrogens with one attached hydrogen (secondary N) is 3. The molecule has 1 unspecified atom stereocenters. The minimum Gasteiger partial charge on any atom is -0.306 e. The maximum Gasteiger partial charge on any atom is 0.248 e. The Kier molecular flexibility index (Phi) is 5.60. The number of halogens is 1. The number of aromatic nitrogens is 3. The van der Waals surface area contributed by atoms with Crippen molar-refractivity contribution in [3.05, 3.63) is 41.5 Å². The van der Waals surface area contributed by atoms with Gasteiger partial charge in [-0.15, -0.1) is 5.10 Å². The molecule has 1 aromatic heterocycles. The molecule has 6 nitrogen and oxygen atoms in total. The second kappa shape index (κ2) is 7.65. The number of carbonyl (C=O) groups is 1. The third kappa shape index (κ3) is 4.63. The summed E-state index contributed by atoms with van der Waals surface area (Å²) in [6, 6.07) is 5.97. The average Bonchev–Trinajstić information content (AvgIpc) is 2.91. The molecule has 118 valence electrons. The van der Waals surface area contributed by atoms with Crippen molar-refractivity contribution >= 4 is 11.9 Å². The molecule has 3 N–H and O–H groups in total. The van der Waals surface area contributed by atoms with Crippen molar-refractivity contribution in [3.8, 4) is 0 Å². The third-order valence-corrected chi connectivity index (χ3v) is 3.12. The van der Waals surface area contributed by atoms with E-state index in [9.17, 15) is 9.18 Å². The van der Waals surface area contributed by atoms with Crippen molar-refractivity contribution in [2.24, 2.45) is 0 Å². The van der Waals surface area contributed by atoms with E-state index in [0.717, 1.165) is 18.5 Å². The fourth-order valence-electron chi connectivity index (χ4n) is 1.94. The summed E-state index contributed by atoms with van der Waals surface area (Å²) in [4.78, 5) is 16.1. The smallest absolute Gasteiger partial charge is 0.248 e. The lowest BCUT2D eigenvalue weighted by atomic mass is 10.1. The van der Waals surface area contributed by atoms with Crippen LogP contribution in [0.5, 0.6) is 0 Å². The standard InChI is InChI=1S/C15H20FN5O/c1-3-7-17-10(2)14(22)19-15-18-13(20-21-15)9-11-5-4-6-12(16)8-11/h4-6,8,10,17H,3,7,9H2,1-2H3,(H2,18,19,20,21,22). The highest BCUT2D eigenvalue weighted by atomic mass is 19.1. The Balaban J connectivity index is 1.92. The summed E-state index contributed by atoms with van der Waals surface area (Å²) in [5, 5.41) is 12.4. The number of nitrogens with zero attached hydrogens (tertiary/aromatic N) is 2. The van der Waals surface area contributed by atoms with E-state index in [0.29, 0.717) is 12.2 Å². The van der Waals surface area contributed by atoms with E-state index >= 15 is 0 Å². The van der Waals surface area contributed by atoms with Crippen LogP contribution in [0.25, 0.3) is 0 Å². The van der Waals surface area contributed by atoms with Gasteiger partial charge < -0.3 is 5.32 Å². The van der Waals surface area contributed by atoms with Crippen molar-refractivity contribution in [2.45, 2.75) is 32.7 Å². The van der Waals surface area contributed by atoms with Crippen LogP contribution in [-0.4, -0.2) is 33.7 Å². The Labute approximate surface area is 128 Å². The number of aromatic amines is 1. The lowest BCUT2D eigenvalue weighted by molar-refractivity contribution is -0.117. The predicted molar refractivity (Wildman–Crippen MR) is 82.0 cm³/mol. The highest BCUT2D eigenvalue weighted by molar-refractivity contribution is 5.92. The molecule has 0 aliphatic rings. The van der Waals surface area contributed by atoms with Crippen LogP contribution in [0.3, 0.4) is 0 Å². The number of benzene rings is 1. The topological polar surface area (TPSA) is 82.7 Å². The molecular weight excluding hydrogens is 285 g/mol. The van der Waals surface area contributed by atoms with Gasteiger partial charge in [0.2, 0.25) is 11.9 Å². The lowest BCUT2D eigenvalue weighted by Gasteiger charge is -2.11. The van der Waals surface area contributed by atoms with Gasteiger partial charge >= 0.3 is 0 Å². The summed E-state index contributed by atoms with van der Waals surface area (Å²) in [7, 11) is 0. The fourth-order valence-corrected chi connectivity index (χ4v) is 1.94. The van der Waals surface area contributed by atoms with Gasteiger partial charge in [-0.2, -0.15) is 4.98 Å². The van der Waals surface area contributed by atoms with Crippen LogP contribution >= 0.6 is 0 Å². The van der Waals surface area contributed by atoms with Crippen molar-refractivity contribution in [3.63, 3.8) is 0 Å². The molecule has 0 aliphatic carbocycles. The van der Waals surface area contributed by atoms with Crippen molar-refractivity contribution in [2.75, 3.05) is 11.9 Å². The molecule has 0 bridgehead atoms. The molecule has 1 heterocycles. The van der Waals surface area contributed by atoms with Crippen molar-refractivity contribution < 1.29 is 9.18 Å². The Hall–Kier alpha value is -2.28. The summed E-state index contributed by atoms with van der Waals surface area (Å²) in [6.07, 6.45) is 1.38. The highest BCUT2D eigenvalue weighted by Gasteiger charge is 2.14. The number of hydrogen-bond acceptors (Lipinski definition) is 4. The molecule has 1 atom stereocenters. The summed E-state index contributed by atoms with van der Waals surface area (Å²) >= 11 is 0. The van der Waals surface area contributed by atoms with E-state index < -0.39 is 0 Å². The van der Waals surface area contributed by atoms with E-state index in [4.69, 9.17) is 0 Å². The highest BCUT2D eigenvalue weighted by Crippen LogP contribution is 2.09. The minimum atomic E-state index is -0.315. The molecule has 1 aromatic carbocycles. The number of carbonyl (C=O) groups excluding carboxylic acids is 1. The zero-order chi connectivity index (χ0) is 15.9. The van der Waals surface area contributed by atoms with Gasteiger partial charge in [0, 0.05) is 6.42 Å². The van der Waals surface area contributed by atoms with Gasteiger partial charge in [-0.25, -0.2) is 4.39 Å². The number of H-pyrrole nitrogens is 1. The van der Waals surface area contributed by atoms with Crippen LogP contribution in [-0.2, 0) is 11.2 Å².